The average molecular weight is 328 g/mol. The molecule has 24 heavy (non-hydrogen) atoms. The second-order valence-corrected chi connectivity index (χ2v) is 6.61. The molecule has 1 aromatic carbocycles. The van der Waals surface area contributed by atoms with Crippen LogP contribution in [0, 0.1) is 25.2 Å². The molecule has 1 aliphatic carbocycles. The molecule has 128 valence electrons. The maximum absolute atomic E-state index is 12.4. The largest absolute Gasteiger partial charge is 0.449 e. The summed E-state index contributed by atoms with van der Waals surface area (Å²) in [4.78, 5) is 24.7. The maximum atomic E-state index is 12.4. The Morgan fingerprint density at radius 3 is 2.54 bits per heavy atom. The maximum Gasteiger partial charge on any atom is 0.339 e. The van der Waals surface area contributed by atoms with Crippen molar-refractivity contribution in [3.63, 3.8) is 0 Å². The van der Waals surface area contributed by atoms with Gasteiger partial charge in [-0.15, -0.1) is 0 Å². The Kier molecular flexibility index (Phi) is 5.61. The number of amides is 1. The third kappa shape index (κ3) is 4.14. The number of esters is 1. The van der Waals surface area contributed by atoms with Crippen molar-refractivity contribution in [1.29, 1.82) is 5.26 Å². The molecule has 0 aliphatic heterocycles. The summed E-state index contributed by atoms with van der Waals surface area (Å²) in [6.45, 7) is 5.26. The highest BCUT2D eigenvalue weighted by atomic mass is 16.5. The number of carbonyl (C=O) groups excluding carboxylic acids is 2. The molecule has 1 aromatic rings. The van der Waals surface area contributed by atoms with Crippen LogP contribution in [-0.2, 0) is 9.53 Å². The van der Waals surface area contributed by atoms with Gasteiger partial charge in [-0.2, -0.15) is 5.26 Å². The fourth-order valence-electron chi connectivity index (χ4n) is 2.99. The predicted octanol–water partition coefficient (Wildman–Crippen LogP) is 3.19. The summed E-state index contributed by atoms with van der Waals surface area (Å²) in [6, 6.07) is 7.75. The number of benzene rings is 1. The van der Waals surface area contributed by atoms with E-state index < -0.39 is 23.5 Å². The highest BCUT2D eigenvalue weighted by molar-refractivity contribution is 5.93. The van der Waals surface area contributed by atoms with Gasteiger partial charge in [0.2, 0.25) is 0 Å². The average Bonchev–Trinajstić information content (AvgIpc) is 2.57. The number of aryl methyl sites for hydroxylation is 2. The van der Waals surface area contributed by atoms with Gasteiger partial charge in [-0.1, -0.05) is 37.0 Å². The van der Waals surface area contributed by atoms with Crippen molar-refractivity contribution < 1.29 is 14.3 Å². The van der Waals surface area contributed by atoms with Gasteiger partial charge in [-0.05, 0) is 45.2 Å². The molecule has 0 bridgehead atoms. The molecule has 0 heterocycles. The van der Waals surface area contributed by atoms with E-state index in [9.17, 15) is 14.9 Å². The summed E-state index contributed by atoms with van der Waals surface area (Å²) in [5.41, 5.74) is 1.39. The van der Waals surface area contributed by atoms with E-state index in [0.717, 1.165) is 30.4 Å². The van der Waals surface area contributed by atoms with Gasteiger partial charge in [0.05, 0.1) is 11.6 Å². The van der Waals surface area contributed by atoms with Gasteiger partial charge in [0.25, 0.3) is 5.91 Å². The summed E-state index contributed by atoms with van der Waals surface area (Å²) in [5, 5.41) is 12.2. The molecule has 1 N–H and O–H groups in total. The molecule has 1 aliphatic rings. The van der Waals surface area contributed by atoms with Crippen molar-refractivity contribution >= 4 is 11.9 Å². The zero-order chi connectivity index (χ0) is 17.7. The van der Waals surface area contributed by atoms with Crippen molar-refractivity contribution in [2.24, 2.45) is 0 Å². The third-order valence-electron chi connectivity index (χ3n) is 4.55. The Labute approximate surface area is 143 Å². The van der Waals surface area contributed by atoms with Crippen LogP contribution in [0.2, 0.25) is 0 Å². The SMILES string of the molecule is Cc1ccc(C)c(C(=O)O[C@H](C)C(=O)NC2(C#N)CCCCC2)c1. The molecule has 5 nitrogen and oxygen atoms in total. The second-order valence-electron chi connectivity index (χ2n) is 6.61. The summed E-state index contributed by atoms with van der Waals surface area (Å²) in [6.07, 6.45) is 3.27. The van der Waals surface area contributed by atoms with Crippen LogP contribution in [-0.4, -0.2) is 23.5 Å². The van der Waals surface area contributed by atoms with Crippen molar-refractivity contribution in [2.75, 3.05) is 0 Å². The molecule has 2 rings (SSSR count). The van der Waals surface area contributed by atoms with Crippen LogP contribution < -0.4 is 5.32 Å². The fraction of sp³-hybridized carbons (Fsp3) is 0.526. The van der Waals surface area contributed by atoms with Gasteiger partial charge in [-0.25, -0.2) is 4.79 Å². The monoisotopic (exact) mass is 328 g/mol. The third-order valence-corrected chi connectivity index (χ3v) is 4.55. The van der Waals surface area contributed by atoms with E-state index in [4.69, 9.17) is 4.74 Å². The second kappa shape index (κ2) is 7.48. The summed E-state index contributed by atoms with van der Waals surface area (Å²) in [5.74, 6) is -0.939. The number of ether oxygens (including phenoxy) is 1. The van der Waals surface area contributed by atoms with E-state index >= 15 is 0 Å². The Morgan fingerprint density at radius 1 is 1.25 bits per heavy atom. The van der Waals surface area contributed by atoms with Crippen molar-refractivity contribution in [3.05, 3.63) is 34.9 Å². The minimum atomic E-state index is -0.940. The molecule has 1 amide bonds. The van der Waals surface area contributed by atoms with Crippen molar-refractivity contribution in [3.8, 4) is 6.07 Å². The standard InChI is InChI=1S/C19H24N2O3/c1-13-7-8-14(2)16(11-13)18(23)24-15(3)17(22)21-19(12-20)9-5-4-6-10-19/h7-8,11,15H,4-6,9-10H2,1-3H3,(H,21,22)/t15-/m1/s1. The summed E-state index contributed by atoms with van der Waals surface area (Å²) >= 11 is 0. The lowest BCUT2D eigenvalue weighted by Crippen LogP contribution is -2.52. The van der Waals surface area contributed by atoms with Gasteiger partial charge in [-0.3, -0.25) is 4.79 Å². The first-order valence-electron chi connectivity index (χ1n) is 8.38. The number of nitrogens with one attached hydrogen (secondary N) is 1. The summed E-state index contributed by atoms with van der Waals surface area (Å²) < 4.78 is 5.30. The van der Waals surface area contributed by atoms with Crippen LogP contribution in [0.25, 0.3) is 0 Å². The van der Waals surface area contributed by atoms with E-state index in [1.807, 2.05) is 26.0 Å². The lowest BCUT2D eigenvalue weighted by molar-refractivity contribution is -0.130. The molecule has 0 radical (unpaired) electrons. The van der Waals surface area contributed by atoms with E-state index in [2.05, 4.69) is 11.4 Å². The Hall–Kier alpha value is -2.35. The number of nitriles is 1. The van der Waals surface area contributed by atoms with Crippen LogP contribution in [0.3, 0.4) is 0 Å². The van der Waals surface area contributed by atoms with E-state index in [-0.39, 0.29) is 0 Å². The minimum absolute atomic E-state index is 0.419. The first-order chi connectivity index (χ1) is 11.4. The zero-order valence-corrected chi connectivity index (χ0v) is 14.5. The van der Waals surface area contributed by atoms with Crippen LogP contribution >= 0.6 is 0 Å². The van der Waals surface area contributed by atoms with Crippen molar-refractivity contribution in [1.82, 2.24) is 5.32 Å². The van der Waals surface area contributed by atoms with E-state index in [0.29, 0.717) is 18.4 Å². The molecule has 0 aromatic heterocycles. The Bertz CT molecular complexity index is 670. The highest BCUT2D eigenvalue weighted by Crippen LogP contribution is 2.27. The Morgan fingerprint density at radius 2 is 1.92 bits per heavy atom. The van der Waals surface area contributed by atoms with Gasteiger partial charge < -0.3 is 10.1 Å². The molecular formula is C19H24N2O3. The number of nitrogens with zero attached hydrogens (tertiary/aromatic N) is 1. The lowest BCUT2D eigenvalue weighted by Gasteiger charge is -2.32. The first kappa shape index (κ1) is 18.0. The normalized spacial score (nSPS) is 17.4. The minimum Gasteiger partial charge on any atom is -0.449 e. The molecule has 1 fully saturated rings. The van der Waals surface area contributed by atoms with Crippen LogP contribution in [0.15, 0.2) is 18.2 Å². The van der Waals surface area contributed by atoms with Gasteiger partial charge in [0, 0.05) is 0 Å². The van der Waals surface area contributed by atoms with Crippen LogP contribution in [0.1, 0.15) is 60.5 Å². The Balaban J connectivity index is 2.02. The smallest absolute Gasteiger partial charge is 0.339 e. The molecule has 0 saturated heterocycles. The number of rotatable bonds is 4. The van der Waals surface area contributed by atoms with E-state index in [1.54, 1.807) is 6.07 Å². The predicted molar refractivity (Wildman–Crippen MR) is 90.4 cm³/mol. The van der Waals surface area contributed by atoms with Crippen molar-refractivity contribution in [2.45, 2.75) is 64.5 Å². The molecular weight excluding hydrogens is 304 g/mol. The number of hydrogen-bond donors (Lipinski definition) is 1. The van der Waals surface area contributed by atoms with Crippen LogP contribution in [0.5, 0.6) is 0 Å². The number of hydrogen-bond acceptors (Lipinski definition) is 4. The molecule has 1 saturated carbocycles. The quantitative estimate of drug-likeness (QED) is 0.861. The van der Waals surface area contributed by atoms with Gasteiger partial charge in [0.1, 0.15) is 5.54 Å². The van der Waals surface area contributed by atoms with Gasteiger partial charge >= 0.3 is 5.97 Å². The molecule has 0 unspecified atom stereocenters. The molecule has 1 atom stereocenters. The number of carbonyl (C=O) groups is 2. The molecule has 0 spiro atoms. The summed E-state index contributed by atoms with van der Waals surface area (Å²) in [7, 11) is 0. The first-order valence-corrected chi connectivity index (χ1v) is 8.38. The van der Waals surface area contributed by atoms with Gasteiger partial charge in [0.15, 0.2) is 6.10 Å². The highest BCUT2D eigenvalue weighted by Gasteiger charge is 2.35. The topological polar surface area (TPSA) is 79.2 Å². The zero-order valence-electron chi connectivity index (χ0n) is 14.5. The lowest BCUT2D eigenvalue weighted by atomic mass is 9.83. The van der Waals surface area contributed by atoms with E-state index in [1.165, 1.54) is 6.92 Å². The van der Waals surface area contributed by atoms with Crippen LogP contribution in [0.4, 0.5) is 0 Å². The molecule has 5 heteroatoms. The fourth-order valence-corrected chi connectivity index (χ4v) is 2.99.